The summed E-state index contributed by atoms with van der Waals surface area (Å²) in [5.41, 5.74) is 9.96. The summed E-state index contributed by atoms with van der Waals surface area (Å²) in [6.07, 6.45) is 10.2. The number of rotatable bonds is 3. The maximum absolute atomic E-state index is 13.5. The molecule has 0 amide bonds. The van der Waals surface area contributed by atoms with Crippen molar-refractivity contribution in [2.45, 2.75) is 77.3 Å². The van der Waals surface area contributed by atoms with Gasteiger partial charge in [-0.25, -0.2) is 4.39 Å². The van der Waals surface area contributed by atoms with Crippen LogP contribution in [0.1, 0.15) is 65.2 Å². The van der Waals surface area contributed by atoms with Crippen LogP contribution in [0.5, 0.6) is 0 Å². The third-order valence-corrected chi connectivity index (χ3v) is 5.01. The highest BCUT2D eigenvalue weighted by Crippen LogP contribution is 2.32. The Morgan fingerprint density at radius 1 is 1.36 bits per heavy atom. The van der Waals surface area contributed by atoms with E-state index in [4.69, 9.17) is 5.73 Å². The van der Waals surface area contributed by atoms with E-state index in [0.717, 1.165) is 50.6 Å². The molecular formula is C19H31FN2. The smallest absolute Gasteiger partial charge is 0.0972 e. The Morgan fingerprint density at radius 2 is 2.14 bits per heavy atom. The molecule has 2 nitrogen and oxygen atoms in total. The Kier molecular flexibility index (Phi) is 6.25. The molecule has 2 atom stereocenters. The van der Waals surface area contributed by atoms with Crippen molar-refractivity contribution in [2.24, 2.45) is 5.73 Å². The quantitative estimate of drug-likeness (QED) is 0.756. The van der Waals surface area contributed by atoms with Gasteiger partial charge >= 0.3 is 0 Å². The number of nitrogens with zero attached hydrogens (tertiary/aromatic N) is 1. The molecule has 1 saturated carbocycles. The van der Waals surface area contributed by atoms with E-state index in [2.05, 4.69) is 18.4 Å². The third-order valence-electron chi connectivity index (χ3n) is 5.01. The molecule has 0 radical (unpaired) electrons. The van der Waals surface area contributed by atoms with Crippen LogP contribution < -0.4 is 5.73 Å². The van der Waals surface area contributed by atoms with Crippen LogP contribution in [0, 0.1) is 0 Å². The molecule has 1 fully saturated rings. The van der Waals surface area contributed by atoms with Crippen molar-refractivity contribution >= 4 is 0 Å². The van der Waals surface area contributed by atoms with Gasteiger partial charge in [0.25, 0.3) is 0 Å². The Bertz CT molecular complexity index is 460. The fourth-order valence-electron chi connectivity index (χ4n) is 3.89. The Labute approximate surface area is 134 Å². The zero-order valence-electron chi connectivity index (χ0n) is 14.2. The fourth-order valence-corrected chi connectivity index (χ4v) is 3.89. The SMILES string of the molecule is C=C1CCC(/C=C(\C)F)=C(/CC)N(C2CCCC(N)C2)CC1. The van der Waals surface area contributed by atoms with E-state index < -0.39 is 0 Å². The summed E-state index contributed by atoms with van der Waals surface area (Å²) in [5.74, 6) is -0.104. The van der Waals surface area contributed by atoms with Gasteiger partial charge in [-0.2, -0.15) is 0 Å². The highest BCUT2D eigenvalue weighted by Gasteiger charge is 2.27. The summed E-state index contributed by atoms with van der Waals surface area (Å²) in [4.78, 5) is 2.53. The minimum Gasteiger partial charge on any atom is -0.371 e. The second-order valence-electron chi connectivity index (χ2n) is 6.83. The highest BCUT2D eigenvalue weighted by atomic mass is 19.1. The Balaban J connectivity index is 2.34. The Morgan fingerprint density at radius 3 is 2.77 bits per heavy atom. The lowest BCUT2D eigenvalue weighted by Crippen LogP contribution is -2.43. The molecule has 0 aromatic heterocycles. The monoisotopic (exact) mass is 306 g/mol. The van der Waals surface area contributed by atoms with Gasteiger partial charge in [0.15, 0.2) is 0 Å². The Hall–Kier alpha value is -1.09. The van der Waals surface area contributed by atoms with E-state index in [-0.39, 0.29) is 5.83 Å². The second-order valence-corrected chi connectivity index (χ2v) is 6.83. The molecule has 0 bridgehead atoms. The summed E-state index contributed by atoms with van der Waals surface area (Å²) in [6.45, 7) is 8.91. The molecular weight excluding hydrogens is 275 g/mol. The van der Waals surface area contributed by atoms with Crippen molar-refractivity contribution in [2.75, 3.05) is 6.54 Å². The maximum Gasteiger partial charge on any atom is 0.0972 e. The molecule has 2 N–H and O–H groups in total. The molecule has 0 spiro atoms. The highest BCUT2D eigenvalue weighted by molar-refractivity contribution is 5.29. The van der Waals surface area contributed by atoms with Crippen LogP contribution in [-0.4, -0.2) is 23.5 Å². The predicted octanol–water partition coefficient (Wildman–Crippen LogP) is 4.84. The first-order chi connectivity index (χ1) is 10.5. The van der Waals surface area contributed by atoms with Crippen molar-refractivity contribution in [3.05, 3.63) is 35.3 Å². The van der Waals surface area contributed by atoms with Crippen LogP contribution in [0.4, 0.5) is 4.39 Å². The van der Waals surface area contributed by atoms with Gasteiger partial charge < -0.3 is 10.6 Å². The zero-order chi connectivity index (χ0) is 16.1. The first-order valence-electron chi connectivity index (χ1n) is 8.76. The van der Waals surface area contributed by atoms with Crippen LogP contribution in [0.25, 0.3) is 0 Å². The number of allylic oxidation sites excluding steroid dienone is 4. The van der Waals surface area contributed by atoms with E-state index in [0.29, 0.717) is 12.1 Å². The summed E-state index contributed by atoms with van der Waals surface area (Å²) in [7, 11) is 0. The molecule has 124 valence electrons. The molecule has 1 heterocycles. The number of nitrogens with two attached hydrogens (primary N) is 1. The summed E-state index contributed by atoms with van der Waals surface area (Å²) >= 11 is 0. The molecule has 22 heavy (non-hydrogen) atoms. The van der Waals surface area contributed by atoms with Crippen LogP contribution in [0.2, 0.25) is 0 Å². The maximum atomic E-state index is 13.5. The lowest BCUT2D eigenvalue weighted by molar-refractivity contribution is 0.182. The van der Waals surface area contributed by atoms with E-state index >= 15 is 0 Å². The van der Waals surface area contributed by atoms with E-state index in [1.165, 1.54) is 31.0 Å². The average molecular weight is 306 g/mol. The number of hydrogen-bond acceptors (Lipinski definition) is 2. The van der Waals surface area contributed by atoms with E-state index in [1.807, 2.05) is 0 Å². The molecule has 0 saturated heterocycles. The average Bonchev–Trinajstić information content (AvgIpc) is 2.46. The second kappa shape index (κ2) is 7.96. The van der Waals surface area contributed by atoms with Crippen LogP contribution >= 0.6 is 0 Å². The van der Waals surface area contributed by atoms with Crippen molar-refractivity contribution in [1.29, 1.82) is 0 Å². The lowest BCUT2D eigenvalue weighted by Gasteiger charge is -2.41. The lowest BCUT2D eigenvalue weighted by atomic mass is 9.88. The van der Waals surface area contributed by atoms with Crippen LogP contribution in [0.15, 0.2) is 35.3 Å². The summed E-state index contributed by atoms with van der Waals surface area (Å²) in [5, 5.41) is 0. The largest absolute Gasteiger partial charge is 0.371 e. The predicted molar refractivity (Wildman–Crippen MR) is 92.1 cm³/mol. The van der Waals surface area contributed by atoms with Crippen LogP contribution in [-0.2, 0) is 0 Å². The topological polar surface area (TPSA) is 29.3 Å². The van der Waals surface area contributed by atoms with Gasteiger partial charge in [0.05, 0.1) is 5.83 Å². The zero-order valence-corrected chi connectivity index (χ0v) is 14.2. The first-order valence-corrected chi connectivity index (χ1v) is 8.76. The van der Waals surface area contributed by atoms with Crippen molar-refractivity contribution in [1.82, 2.24) is 4.90 Å². The molecule has 3 heteroatoms. The van der Waals surface area contributed by atoms with Gasteiger partial charge in [-0.3, -0.25) is 0 Å². The molecule has 1 aliphatic carbocycles. The number of hydrogen-bond donors (Lipinski definition) is 1. The first kappa shape index (κ1) is 17.3. The van der Waals surface area contributed by atoms with E-state index in [1.54, 1.807) is 6.08 Å². The fraction of sp³-hybridized carbons (Fsp3) is 0.684. The molecule has 2 rings (SSSR count). The van der Waals surface area contributed by atoms with Gasteiger partial charge in [0, 0.05) is 24.3 Å². The summed E-state index contributed by atoms with van der Waals surface area (Å²) < 4.78 is 13.5. The third kappa shape index (κ3) is 4.45. The minimum atomic E-state index is -0.104. The molecule has 1 aliphatic heterocycles. The van der Waals surface area contributed by atoms with Gasteiger partial charge in [-0.1, -0.05) is 19.1 Å². The standard InChI is InChI=1S/C19H31FN2/c1-4-19-16(12-15(3)20)9-8-14(2)10-11-22(19)18-7-5-6-17(21)13-18/h12,17-18H,2,4-11,13,21H2,1,3H3/b15-12+,19-16+. The minimum absolute atomic E-state index is 0.104. The van der Waals surface area contributed by atoms with E-state index in [9.17, 15) is 4.39 Å². The molecule has 0 aromatic rings. The van der Waals surface area contributed by atoms with Crippen molar-refractivity contribution < 1.29 is 4.39 Å². The molecule has 2 aliphatic rings. The van der Waals surface area contributed by atoms with Crippen LogP contribution in [0.3, 0.4) is 0 Å². The molecule has 0 aromatic carbocycles. The normalized spacial score (nSPS) is 31.9. The summed E-state index contributed by atoms with van der Waals surface area (Å²) in [6, 6.07) is 0.820. The van der Waals surface area contributed by atoms with Crippen molar-refractivity contribution in [3.63, 3.8) is 0 Å². The van der Waals surface area contributed by atoms with Gasteiger partial charge in [0.2, 0.25) is 0 Å². The van der Waals surface area contributed by atoms with Gasteiger partial charge in [-0.05, 0) is 69.9 Å². The number of halogens is 1. The van der Waals surface area contributed by atoms with Gasteiger partial charge in [0.1, 0.15) is 0 Å². The molecule has 2 unspecified atom stereocenters. The van der Waals surface area contributed by atoms with Gasteiger partial charge in [-0.15, -0.1) is 0 Å². The van der Waals surface area contributed by atoms with Crippen molar-refractivity contribution in [3.8, 4) is 0 Å².